The molecule has 98 valence electrons. The van der Waals surface area contributed by atoms with Gasteiger partial charge in [-0.1, -0.05) is 34.1 Å². The number of hydrogen-bond donors (Lipinski definition) is 0. The summed E-state index contributed by atoms with van der Waals surface area (Å²) in [5, 5.41) is 0.938. The van der Waals surface area contributed by atoms with E-state index in [9.17, 15) is 4.79 Å². The molecule has 1 fully saturated rings. The Balaban J connectivity index is 1.65. The molecule has 18 heavy (non-hydrogen) atoms. The van der Waals surface area contributed by atoms with Gasteiger partial charge in [0.15, 0.2) is 0 Å². The molecule has 1 aliphatic rings. The molecular formula is C14H18BrNOS. The fraction of sp³-hybridized carbons (Fsp3) is 0.500. The van der Waals surface area contributed by atoms with Crippen LogP contribution in [-0.2, 0) is 4.79 Å². The van der Waals surface area contributed by atoms with E-state index in [0.29, 0.717) is 11.8 Å². The van der Waals surface area contributed by atoms with Crippen LogP contribution in [0.5, 0.6) is 0 Å². The molecule has 1 aliphatic heterocycles. The summed E-state index contributed by atoms with van der Waals surface area (Å²) in [4.78, 5) is 15.0. The Labute approximate surface area is 121 Å². The third-order valence-electron chi connectivity index (χ3n) is 3.10. The first-order chi connectivity index (χ1) is 8.79. The van der Waals surface area contributed by atoms with E-state index in [1.165, 1.54) is 4.90 Å². The molecule has 1 aromatic rings. The second kappa shape index (κ2) is 7.19. The van der Waals surface area contributed by atoms with Crippen LogP contribution < -0.4 is 0 Å². The number of thioether (sulfide) groups is 1. The van der Waals surface area contributed by atoms with E-state index in [1.54, 1.807) is 0 Å². The number of alkyl halides is 1. The van der Waals surface area contributed by atoms with Crippen molar-refractivity contribution in [1.29, 1.82) is 0 Å². The van der Waals surface area contributed by atoms with Crippen molar-refractivity contribution in [3.05, 3.63) is 30.3 Å². The minimum atomic E-state index is 0.323. The summed E-state index contributed by atoms with van der Waals surface area (Å²) in [6.45, 7) is 1.84. The first-order valence-electron chi connectivity index (χ1n) is 6.31. The van der Waals surface area contributed by atoms with Crippen molar-refractivity contribution in [2.24, 2.45) is 5.92 Å². The molecule has 0 aromatic heterocycles. The van der Waals surface area contributed by atoms with Gasteiger partial charge in [0.05, 0.1) is 0 Å². The quantitative estimate of drug-likeness (QED) is 0.453. The molecule has 0 saturated carbocycles. The summed E-state index contributed by atoms with van der Waals surface area (Å²) in [7, 11) is 0. The van der Waals surface area contributed by atoms with Gasteiger partial charge in [0.25, 0.3) is 0 Å². The highest BCUT2D eigenvalue weighted by atomic mass is 79.9. The van der Waals surface area contributed by atoms with Crippen LogP contribution in [0.2, 0.25) is 0 Å². The SMILES string of the molecule is O=C1CC(CBr)CN1CCCSc1ccccc1. The molecule has 0 radical (unpaired) electrons. The first kappa shape index (κ1) is 13.9. The highest BCUT2D eigenvalue weighted by molar-refractivity contribution is 9.09. The standard InChI is InChI=1S/C14H18BrNOS/c15-10-12-9-14(17)16(11-12)7-4-8-18-13-5-2-1-3-6-13/h1-3,5-6,12H,4,7-11H2. The van der Waals surface area contributed by atoms with Crippen molar-refractivity contribution < 1.29 is 4.79 Å². The highest BCUT2D eigenvalue weighted by Crippen LogP contribution is 2.21. The van der Waals surface area contributed by atoms with E-state index in [-0.39, 0.29) is 0 Å². The van der Waals surface area contributed by atoms with E-state index >= 15 is 0 Å². The minimum absolute atomic E-state index is 0.323. The molecule has 0 spiro atoms. The van der Waals surface area contributed by atoms with E-state index < -0.39 is 0 Å². The molecule has 1 atom stereocenters. The van der Waals surface area contributed by atoms with Crippen molar-refractivity contribution in [1.82, 2.24) is 4.90 Å². The van der Waals surface area contributed by atoms with Gasteiger partial charge >= 0.3 is 0 Å². The monoisotopic (exact) mass is 327 g/mol. The Morgan fingerprint density at radius 1 is 1.33 bits per heavy atom. The average Bonchev–Trinajstić information content (AvgIpc) is 2.77. The zero-order valence-corrected chi connectivity index (χ0v) is 12.8. The maximum absolute atomic E-state index is 11.7. The van der Waals surface area contributed by atoms with Gasteiger partial charge in [-0.05, 0) is 30.2 Å². The Morgan fingerprint density at radius 3 is 2.78 bits per heavy atom. The molecule has 0 bridgehead atoms. The molecule has 1 heterocycles. The van der Waals surface area contributed by atoms with Crippen LogP contribution >= 0.6 is 27.7 Å². The van der Waals surface area contributed by atoms with E-state index in [2.05, 4.69) is 40.2 Å². The van der Waals surface area contributed by atoms with Crippen LogP contribution in [0.4, 0.5) is 0 Å². The highest BCUT2D eigenvalue weighted by Gasteiger charge is 2.27. The second-order valence-electron chi connectivity index (χ2n) is 4.58. The molecule has 4 heteroatoms. The van der Waals surface area contributed by atoms with Crippen molar-refractivity contribution in [2.45, 2.75) is 17.7 Å². The second-order valence-corrected chi connectivity index (χ2v) is 6.40. The summed E-state index contributed by atoms with van der Waals surface area (Å²) < 4.78 is 0. The number of carbonyl (C=O) groups is 1. The Bertz CT molecular complexity index is 385. The van der Waals surface area contributed by atoms with Gasteiger partial charge in [0, 0.05) is 29.7 Å². The number of nitrogens with zero attached hydrogens (tertiary/aromatic N) is 1. The van der Waals surface area contributed by atoms with Crippen LogP contribution in [0.15, 0.2) is 35.2 Å². The van der Waals surface area contributed by atoms with Gasteiger partial charge < -0.3 is 4.90 Å². The lowest BCUT2D eigenvalue weighted by atomic mass is 10.2. The lowest BCUT2D eigenvalue weighted by molar-refractivity contribution is -0.127. The topological polar surface area (TPSA) is 20.3 Å². The van der Waals surface area contributed by atoms with Crippen molar-refractivity contribution in [2.75, 3.05) is 24.2 Å². The Hall–Kier alpha value is -0.480. The average molecular weight is 328 g/mol. The van der Waals surface area contributed by atoms with Gasteiger partial charge in [0.1, 0.15) is 0 Å². The molecule has 1 aromatic carbocycles. The lowest BCUT2D eigenvalue weighted by Crippen LogP contribution is -2.26. The Kier molecular flexibility index (Phi) is 5.57. The summed E-state index contributed by atoms with van der Waals surface area (Å²) in [6.07, 6.45) is 1.79. The summed E-state index contributed by atoms with van der Waals surface area (Å²) >= 11 is 5.32. The maximum atomic E-state index is 11.7. The van der Waals surface area contributed by atoms with Gasteiger partial charge in [0.2, 0.25) is 5.91 Å². The van der Waals surface area contributed by atoms with Crippen LogP contribution in [0, 0.1) is 5.92 Å². The number of likely N-dealkylation sites (tertiary alicyclic amines) is 1. The lowest BCUT2D eigenvalue weighted by Gasteiger charge is -2.15. The van der Waals surface area contributed by atoms with E-state index in [1.807, 2.05) is 22.7 Å². The van der Waals surface area contributed by atoms with Crippen molar-refractivity contribution in [3.63, 3.8) is 0 Å². The number of amides is 1. The van der Waals surface area contributed by atoms with Crippen LogP contribution in [0.25, 0.3) is 0 Å². The molecule has 0 N–H and O–H groups in total. The van der Waals surface area contributed by atoms with Crippen LogP contribution in [0.1, 0.15) is 12.8 Å². The third-order valence-corrected chi connectivity index (χ3v) is 5.11. The molecule has 1 saturated heterocycles. The normalized spacial score (nSPS) is 19.5. The molecule has 1 unspecified atom stereocenters. The van der Waals surface area contributed by atoms with E-state index in [4.69, 9.17) is 0 Å². The number of carbonyl (C=O) groups excluding carboxylic acids is 1. The molecule has 2 nitrogen and oxygen atoms in total. The maximum Gasteiger partial charge on any atom is 0.222 e. The molecular weight excluding hydrogens is 310 g/mol. The van der Waals surface area contributed by atoms with Crippen LogP contribution in [0.3, 0.4) is 0 Å². The molecule has 1 amide bonds. The number of halogens is 1. The van der Waals surface area contributed by atoms with Gasteiger partial charge in [-0.2, -0.15) is 0 Å². The fourth-order valence-electron chi connectivity index (χ4n) is 2.14. The summed E-state index contributed by atoms with van der Waals surface area (Å²) in [6, 6.07) is 10.4. The van der Waals surface area contributed by atoms with Gasteiger partial charge in [-0.25, -0.2) is 0 Å². The number of benzene rings is 1. The zero-order chi connectivity index (χ0) is 12.8. The first-order valence-corrected chi connectivity index (χ1v) is 8.42. The Morgan fingerprint density at radius 2 is 2.11 bits per heavy atom. The zero-order valence-electron chi connectivity index (χ0n) is 10.3. The van der Waals surface area contributed by atoms with Gasteiger partial charge in [-0.3, -0.25) is 4.79 Å². The fourth-order valence-corrected chi connectivity index (χ4v) is 3.43. The summed E-state index contributed by atoms with van der Waals surface area (Å²) in [5.74, 6) is 1.91. The number of hydrogen-bond acceptors (Lipinski definition) is 2. The van der Waals surface area contributed by atoms with E-state index in [0.717, 1.165) is 37.0 Å². The molecule has 0 aliphatic carbocycles. The van der Waals surface area contributed by atoms with Gasteiger partial charge in [-0.15, -0.1) is 11.8 Å². The predicted molar refractivity (Wildman–Crippen MR) is 80.3 cm³/mol. The van der Waals surface area contributed by atoms with Crippen molar-refractivity contribution in [3.8, 4) is 0 Å². The number of rotatable bonds is 6. The third kappa shape index (κ3) is 4.02. The molecule has 2 rings (SSSR count). The minimum Gasteiger partial charge on any atom is -0.342 e. The van der Waals surface area contributed by atoms with Crippen LogP contribution in [-0.4, -0.2) is 35.0 Å². The predicted octanol–water partition coefficient (Wildman–Crippen LogP) is 3.41. The smallest absolute Gasteiger partial charge is 0.222 e. The van der Waals surface area contributed by atoms with Crippen molar-refractivity contribution >= 4 is 33.6 Å². The largest absolute Gasteiger partial charge is 0.342 e. The summed E-state index contributed by atoms with van der Waals surface area (Å²) in [5.41, 5.74) is 0.